The molecule has 7 nitrogen and oxygen atoms in total. The van der Waals surface area contributed by atoms with Crippen LogP contribution in [0.2, 0.25) is 5.02 Å². The van der Waals surface area contributed by atoms with Crippen molar-refractivity contribution in [3.63, 3.8) is 0 Å². The number of nitrogens with two attached hydrogens (primary N) is 1. The molecule has 0 aliphatic rings. The van der Waals surface area contributed by atoms with Crippen molar-refractivity contribution in [3.05, 3.63) is 41.5 Å². The Morgan fingerprint density at radius 3 is 2.80 bits per heavy atom. The summed E-state index contributed by atoms with van der Waals surface area (Å²) in [4.78, 5) is 13.4. The maximum atomic E-state index is 6.35. The van der Waals surface area contributed by atoms with Gasteiger partial charge in [0.25, 0.3) is 0 Å². The second-order valence-electron chi connectivity index (χ2n) is 5.64. The van der Waals surface area contributed by atoms with Crippen molar-refractivity contribution in [3.8, 4) is 22.6 Å². The Morgan fingerprint density at radius 1 is 1.24 bits per heavy atom. The van der Waals surface area contributed by atoms with Crippen LogP contribution < -0.4 is 5.73 Å². The summed E-state index contributed by atoms with van der Waals surface area (Å²) in [5, 5.41) is 4.92. The molecule has 0 saturated heterocycles. The van der Waals surface area contributed by atoms with E-state index in [2.05, 4.69) is 15.1 Å². The normalized spacial score (nSPS) is 11.3. The topological polar surface area (TPSA) is 95.6 Å². The van der Waals surface area contributed by atoms with Gasteiger partial charge in [0.15, 0.2) is 12.0 Å². The zero-order chi connectivity index (χ0) is 17.6. The van der Waals surface area contributed by atoms with E-state index in [4.69, 9.17) is 26.7 Å². The van der Waals surface area contributed by atoms with E-state index in [1.165, 1.54) is 6.39 Å². The zero-order valence-electron chi connectivity index (χ0n) is 13.7. The van der Waals surface area contributed by atoms with E-state index in [9.17, 15) is 0 Å². The molecule has 0 aliphatic carbocycles. The molecule has 3 heterocycles. The summed E-state index contributed by atoms with van der Waals surface area (Å²) in [6.07, 6.45) is 3.88. The molecule has 0 unspecified atom stereocenters. The van der Waals surface area contributed by atoms with E-state index < -0.39 is 0 Å². The van der Waals surface area contributed by atoms with Gasteiger partial charge in [-0.25, -0.2) is 15.0 Å². The maximum absolute atomic E-state index is 6.35. The summed E-state index contributed by atoms with van der Waals surface area (Å²) in [7, 11) is 1.85. The number of benzene rings is 1. The highest BCUT2D eigenvalue weighted by molar-refractivity contribution is 6.35. The first kappa shape index (κ1) is 15.6. The number of fused-ring (bicyclic) bond motifs is 1. The number of oxazole rings is 1. The number of hydrogen-bond acceptors (Lipinski definition) is 6. The minimum atomic E-state index is 0.402. The molecule has 4 rings (SSSR count). The Balaban J connectivity index is 2.00. The molecule has 4 aromatic rings. The van der Waals surface area contributed by atoms with Crippen molar-refractivity contribution < 1.29 is 4.42 Å². The first-order valence-corrected chi connectivity index (χ1v) is 8.14. The van der Waals surface area contributed by atoms with Crippen molar-refractivity contribution in [2.24, 2.45) is 7.05 Å². The molecule has 0 fully saturated rings. The lowest BCUT2D eigenvalue weighted by molar-refractivity contribution is 0.602. The van der Waals surface area contributed by atoms with Crippen molar-refractivity contribution >= 4 is 28.5 Å². The van der Waals surface area contributed by atoms with Crippen LogP contribution >= 0.6 is 11.6 Å². The number of aromatic nitrogens is 5. The Morgan fingerprint density at radius 2 is 2.08 bits per heavy atom. The second kappa shape index (κ2) is 5.86. The van der Waals surface area contributed by atoms with Crippen LogP contribution in [0.25, 0.3) is 33.7 Å². The molecular formula is C17H15ClN6O. The maximum Gasteiger partial charge on any atom is 0.182 e. The van der Waals surface area contributed by atoms with Crippen molar-refractivity contribution in [2.45, 2.75) is 13.3 Å². The molecule has 0 atom stereocenters. The highest BCUT2D eigenvalue weighted by Crippen LogP contribution is 2.34. The number of nitrogens with zero attached hydrogens (tertiary/aromatic N) is 5. The summed E-state index contributed by atoms with van der Waals surface area (Å²) in [5.41, 5.74) is 10.7. The van der Waals surface area contributed by atoms with E-state index >= 15 is 0 Å². The monoisotopic (exact) mass is 354 g/mol. The molecule has 0 aliphatic heterocycles. The first-order chi connectivity index (χ1) is 12.1. The summed E-state index contributed by atoms with van der Waals surface area (Å²) in [5.74, 6) is 0.402. The average molecular weight is 355 g/mol. The largest absolute Gasteiger partial charge is 0.443 e. The fraction of sp³-hybridized carbons (Fsp3) is 0.176. The van der Waals surface area contributed by atoms with Crippen LogP contribution in [0, 0.1) is 0 Å². The SMILES string of the molecule is CCc1nc(-c2cc(Cl)c3ncoc3c2)c(-c2ccn(C)n2)nc1N. The van der Waals surface area contributed by atoms with E-state index in [1.807, 2.05) is 32.3 Å². The first-order valence-electron chi connectivity index (χ1n) is 7.76. The van der Waals surface area contributed by atoms with Crippen LogP contribution in [0.4, 0.5) is 5.82 Å². The predicted molar refractivity (Wildman–Crippen MR) is 96.0 cm³/mol. The van der Waals surface area contributed by atoms with Gasteiger partial charge >= 0.3 is 0 Å². The number of nitrogen functional groups attached to an aromatic ring is 1. The molecule has 0 spiro atoms. The lowest BCUT2D eigenvalue weighted by Gasteiger charge is -2.11. The minimum Gasteiger partial charge on any atom is -0.443 e. The molecule has 2 N–H and O–H groups in total. The van der Waals surface area contributed by atoms with Crippen molar-refractivity contribution in [1.82, 2.24) is 24.7 Å². The number of rotatable bonds is 3. The third kappa shape index (κ3) is 2.62. The highest BCUT2D eigenvalue weighted by atomic mass is 35.5. The Bertz CT molecular complexity index is 1080. The molecule has 126 valence electrons. The van der Waals surface area contributed by atoms with Crippen LogP contribution in [-0.4, -0.2) is 24.7 Å². The number of hydrogen-bond donors (Lipinski definition) is 1. The quantitative estimate of drug-likeness (QED) is 0.605. The van der Waals surface area contributed by atoms with Crippen molar-refractivity contribution in [2.75, 3.05) is 5.73 Å². The number of aryl methyl sites for hydroxylation is 2. The minimum absolute atomic E-state index is 0.402. The Hall–Kier alpha value is -2.93. The molecule has 0 saturated carbocycles. The van der Waals surface area contributed by atoms with Gasteiger partial charge in [0.05, 0.1) is 16.4 Å². The van der Waals surface area contributed by atoms with Gasteiger partial charge in [0.2, 0.25) is 0 Å². The van der Waals surface area contributed by atoms with Crippen LogP contribution in [0.5, 0.6) is 0 Å². The standard InChI is InChI=1S/C17H15ClN6O/c1-3-11-17(19)22-16(12-4-5-24(2)23-12)14(21-11)9-6-10(18)15-13(7-9)25-8-20-15/h4-8H,3H2,1-2H3,(H2,19,22). The summed E-state index contributed by atoms with van der Waals surface area (Å²) < 4.78 is 7.11. The molecule has 0 radical (unpaired) electrons. The van der Waals surface area contributed by atoms with Gasteiger partial charge in [-0.05, 0) is 24.6 Å². The molecule has 0 amide bonds. The smallest absolute Gasteiger partial charge is 0.182 e. The highest BCUT2D eigenvalue weighted by Gasteiger charge is 2.18. The van der Waals surface area contributed by atoms with Crippen LogP contribution in [0.15, 0.2) is 35.2 Å². The molecule has 1 aromatic carbocycles. The van der Waals surface area contributed by atoms with Gasteiger partial charge in [0, 0.05) is 18.8 Å². The van der Waals surface area contributed by atoms with Gasteiger partial charge in [-0.1, -0.05) is 18.5 Å². The average Bonchev–Trinajstić information content (AvgIpc) is 3.23. The third-order valence-electron chi connectivity index (χ3n) is 3.95. The van der Waals surface area contributed by atoms with E-state index in [0.717, 1.165) is 11.3 Å². The molecule has 0 bridgehead atoms. The molecule has 8 heteroatoms. The second-order valence-corrected chi connectivity index (χ2v) is 6.05. The van der Waals surface area contributed by atoms with Crippen molar-refractivity contribution in [1.29, 1.82) is 0 Å². The lowest BCUT2D eigenvalue weighted by atomic mass is 10.1. The van der Waals surface area contributed by atoms with Crippen LogP contribution in [-0.2, 0) is 13.5 Å². The fourth-order valence-corrected chi connectivity index (χ4v) is 2.99. The molecule has 25 heavy (non-hydrogen) atoms. The fourth-order valence-electron chi connectivity index (χ4n) is 2.73. The predicted octanol–water partition coefficient (Wildman–Crippen LogP) is 3.48. The lowest BCUT2D eigenvalue weighted by Crippen LogP contribution is -2.05. The zero-order valence-corrected chi connectivity index (χ0v) is 14.4. The van der Waals surface area contributed by atoms with Gasteiger partial charge in [0.1, 0.15) is 22.7 Å². The third-order valence-corrected chi connectivity index (χ3v) is 4.24. The number of halogens is 1. The van der Waals surface area contributed by atoms with E-state index in [1.54, 1.807) is 10.7 Å². The number of anilines is 1. The van der Waals surface area contributed by atoms with E-state index in [-0.39, 0.29) is 0 Å². The summed E-state index contributed by atoms with van der Waals surface area (Å²) in [6, 6.07) is 5.52. The summed E-state index contributed by atoms with van der Waals surface area (Å²) >= 11 is 6.35. The van der Waals surface area contributed by atoms with Gasteiger partial charge in [-0.2, -0.15) is 5.10 Å². The summed E-state index contributed by atoms with van der Waals surface area (Å²) in [6.45, 7) is 1.98. The Kier molecular flexibility index (Phi) is 3.65. The Labute approximate surface area is 148 Å². The van der Waals surface area contributed by atoms with Crippen LogP contribution in [0.3, 0.4) is 0 Å². The molecule has 3 aromatic heterocycles. The van der Waals surface area contributed by atoms with Gasteiger partial charge in [-0.3, -0.25) is 4.68 Å². The van der Waals surface area contributed by atoms with Gasteiger partial charge in [-0.15, -0.1) is 0 Å². The molecular weight excluding hydrogens is 340 g/mol. The van der Waals surface area contributed by atoms with Gasteiger partial charge < -0.3 is 10.2 Å². The van der Waals surface area contributed by atoms with E-state index in [0.29, 0.717) is 45.4 Å². The van der Waals surface area contributed by atoms with Crippen LogP contribution in [0.1, 0.15) is 12.6 Å².